The van der Waals surface area contributed by atoms with E-state index in [1.54, 1.807) is 55.5 Å². The number of amides is 1. The number of rotatable bonds is 12. The van der Waals surface area contributed by atoms with Crippen LogP contribution in [0.25, 0.3) is 0 Å². The van der Waals surface area contributed by atoms with E-state index in [1.165, 1.54) is 7.11 Å². The lowest BCUT2D eigenvalue weighted by molar-refractivity contribution is -0.183. The second-order valence-corrected chi connectivity index (χ2v) is 8.54. The fourth-order valence-electron chi connectivity index (χ4n) is 3.81. The van der Waals surface area contributed by atoms with E-state index in [9.17, 15) is 14.4 Å². The number of methoxy groups -OCH3 is 1. The van der Waals surface area contributed by atoms with Crippen LogP contribution in [0, 0.1) is 0 Å². The highest BCUT2D eigenvalue weighted by Crippen LogP contribution is 2.36. The monoisotopic (exact) mass is 536 g/mol. The highest BCUT2D eigenvalue weighted by molar-refractivity contribution is 6.30. The summed E-state index contributed by atoms with van der Waals surface area (Å²) in [5.41, 5.74) is 0.136. The van der Waals surface area contributed by atoms with Gasteiger partial charge >= 0.3 is 11.9 Å². The SMILES string of the molecule is C=CC(=O)Nc1ccc(NC(C(=O)OCC)C(OCc2ccccc2)(C(=O)OC)c2ccc(Cl)cc2)cc1. The summed E-state index contributed by atoms with van der Waals surface area (Å²) in [5, 5.41) is 6.19. The number of anilines is 2. The predicted molar refractivity (Wildman–Crippen MR) is 146 cm³/mol. The Bertz CT molecular complexity index is 1250. The van der Waals surface area contributed by atoms with Crippen molar-refractivity contribution in [1.29, 1.82) is 0 Å². The van der Waals surface area contributed by atoms with Crippen molar-refractivity contribution in [2.75, 3.05) is 24.4 Å². The summed E-state index contributed by atoms with van der Waals surface area (Å²) in [7, 11) is 1.22. The minimum atomic E-state index is -1.96. The molecule has 198 valence electrons. The Balaban J connectivity index is 2.11. The Morgan fingerprint density at radius 2 is 1.61 bits per heavy atom. The maximum atomic E-state index is 13.6. The van der Waals surface area contributed by atoms with Gasteiger partial charge in [-0.05, 0) is 60.5 Å². The highest BCUT2D eigenvalue weighted by Gasteiger charge is 2.54. The fourth-order valence-corrected chi connectivity index (χ4v) is 3.94. The van der Waals surface area contributed by atoms with Crippen molar-refractivity contribution in [3.63, 3.8) is 0 Å². The molecule has 0 aliphatic carbocycles. The lowest BCUT2D eigenvalue weighted by Gasteiger charge is -2.38. The van der Waals surface area contributed by atoms with Crippen LogP contribution >= 0.6 is 11.6 Å². The molecule has 0 bridgehead atoms. The van der Waals surface area contributed by atoms with Gasteiger partial charge in [0.2, 0.25) is 11.5 Å². The average Bonchev–Trinajstić information content (AvgIpc) is 2.94. The predicted octanol–water partition coefficient (Wildman–Crippen LogP) is 5.09. The highest BCUT2D eigenvalue weighted by atomic mass is 35.5. The fraction of sp³-hybridized carbons (Fsp3) is 0.207. The van der Waals surface area contributed by atoms with Crippen LogP contribution in [0.2, 0.25) is 5.02 Å². The van der Waals surface area contributed by atoms with E-state index in [2.05, 4.69) is 17.2 Å². The standard InChI is InChI=1S/C29H29ClN2O6/c1-4-25(33)31-23-15-17-24(18-16-23)32-26(27(34)37-5-2)29(28(35)36-3,21-11-13-22(30)14-12-21)38-19-20-9-7-6-8-10-20/h4,6-18,26,32H,1,5,19H2,2-3H3,(H,31,33). The summed E-state index contributed by atoms with van der Waals surface area (Å²) < 4.78 is 16.9. The number of halogens is 1. The van der Waals surface area contributed by atoms with Crippen LogP contribution in [0.5, 0.6) is 0 Å². The number of ether oxygens (including phenoxy) is 3. The van der Waals surface area contributed by atoms with Gasteiger partial charge in [-0.1, -0.05) is 60.6 Å². The van der Waals surface area contributed by atoms with Crippen molar-refractivity contribution < 1.29 is 28.6 Å². The molecule has 9 heteroatoms. The zero-order valence-electron chi connectivity index (χ0n) is 21.1. The van der Waals surface area contributed by atoms with Gasteiger partial charge in [0.05, 0.1) is 20.3 Å². The molecule has 0 aromatic heterocycles. The van der Waals surface area contributed by atoms with Gasteiger partial charge in [0, 0.05) is 16.4 Å². The van der Waals surface area contributed by atoms with Crippen LogP contribution in [-0.4, -0.2) is 37.6 Å². The number of esters is 2. The number of carbonyl (C=O) groups excluding carboxylic acids is 3. The summed E-state index contributed by atoms with van der Waals surface area (Å²) in [6.07, 6.45) is 1.16. The summed E-state index contributed by atoms with van der Waals surface area (Å²) in [6, 6.07) is 20.8. The van der Waals surface area contributed by atoms with Crippen LogP contribution < -0.4 is 10.6 Å². The maximum Gasteiger partial charge on any atom is 0.345 e. The largest absolute Gasteiger partial charge is 0.467 e. The Morgan fingerprint density at radius 3 is 2.18 bits per heavy atom. The van der Waals surface area contributed by atoms with E-state index in [1.807, 2.05) is 30.3 Å². The zero-order valence-corrected chi connectivity index (χ0v) is 21.9. The van der Waals surface area contributed by atoms with Crippen molar-refractivity contribution in [1.82, 2.24) is 0 Å². The van der Waals surface area contributed by atoms with Crippen LogP contribution in [0.15, 0.2) is 91.5 Å². The second kappa shape index (κ2) is 13.4. The summed E-state index contributed by atoms with van der Waals surface area (Å²) in [5.74, 6) is -1.90. The molecule has 3 rings (SSSR count). The summed E-state index contributed by atoms with van der Waals surface area (Å²) in [4.78, 5) is 38.7. The average molecular weight is 537 g/mol. The lowest BCUT2D eigenvalue weighted by atomic mass is 9.85. The molecule has 0 saturated heterocycles. The zero-order chi connectivity index (χ0) is 27.5. The first-order chi connectivity index (χ1) is 18.3. The van der Waals surface area contributed by atoms with Crippen LogP contribution in [0.3, 0.4) is 0 Å². The number of benzene rings is 3. The van der Waals surface area contributed by atoms with Gasteiger partial charge in [0.15, 0.2) is 6.04 Å². The minimum Gasteiger partial charge on any atom is -0.467 e. The van der Waals surface area contributed by atoms with E-state index in [4.69, 9.17) is 25.8 Å². The molecule has 8 nitrogen and oxygen atoms in total. The first kappa shape index (κ1) is 28.4. The Morgan fingerprint density at radius 1 is 0.974 bits per heavy atom. The van der Waals surface area contributed by atoms with Gasteiger partial charge in [0.1, 0.15) is 0 Å². The molecule has 0 saturated carbocycles. The van der Waals surface area contributed by atoms with Crippen LogP contribution in [0.4, 0.5) is 11.4 Å². The lowest BCUT2D eigenvalue weighted by Crippen LogP contribution is -2.57. The van der Waals surface area contributed by atoms with Crippen molar-refractivity contribution in [3.8, 4) is 0 Å². The van der Waals surface area contributed by atoms with Crippen molar-refractivity contribution in [2.45, 2.75) is 25.2 Å². The number of hydrogen-bond donors (Lipinski definition) is 2. The molecule has 0 aliphatic heterocycles. The number of carbonyl (C=O) groups is 3. The Labute approximate surface area is 226 Å². The topological polar surface area (TPSA) is 103 Å². The molecule has 0 aliphatic rings. The molecular formula is C29H29ClN2O6. The molecule has 1 amide bonds. The molecule has 0 radical (unpaired) electrons. The minimum absolute atomic E-state index is 0.0112. The summed E-state index contributed by atoms with van der Waals surface area (Å²) in [6.45, 7) is 5.16. The number of hydrogen-bond acceptors (Lipinski definition) is 7. The molecule has 2 atom stereocenters. The Kier molecular flexibility index (Phi) is 10.0. The normalized spacial score (nSPS) is 12.9. The quantitative estimate of drug-likeness (QED) is 0.245. The Hall–Kier alpha value is -4.14. The van der Waals surface area contributed by atoms with Gasteiger partial charge in [-0.25, -0.2) is 9.59 Å². The van der Waals surface area contributed by atoms with Crippen molar-refractivity contribution in [2.24, 2.45) is 0 Å². The number of nitrogens with one attached hydrogen (secondary N) is 2. The van der Waals surface area contributed by atoms with Crippen molar-refractivity contribution >= 4 is 40.8 Å². The molecule has 0 heterocycles. The van der Waals surface area contributed by atoms with Gasteiger partial charge in [0.25, 0.3) is 0 Å². The van der Waals surface area contributed by atoms with Gasteiger partial charge in [-0.3, -0.25) is 4.79 Å². The van der Waals surface area contributed by atoms with E-state index in [0.717, 1.165) is 11.6 Å². The third kappa shape index (κ3) is 6.79. The molecular weight excluding hydrogens is 508 g/mol. The van der Waals surface area contributed by atoms with E-state index in [-0.39, 0.29) is 19.1 Å². The molecule has 2 unspecified atom stereocenters. The van der Waals surface area contributed by atoms with E-state index >= 15 is 0 Å². The molecule has 3 aromatic rings. The first-order valence-corrected chi connectivity index (χ1v) is 12.2. The van der Waals surface area contributed by atoms with Crippen molar-refractivity contribution in [3.05, 3.63) is 108 Å². The molecule has 2 N–H and O–H groups in total. The third-order valence-corrected chi connectivity index (χ3v) is 5.90. The van der Waals surface area contributed by atoms with E-state index in [0.29, 0.717) is 22.0 Å². The second-order valence-electron chi connectivity index (χ2n) is 8.11. The molecule has 0 fully saturated rings. The van der Waals surface area contributed by atoms with Gasteiger partial charge in [-0.15, -0.1) is 0 Å². The summed E-state index contributed by atoms with van der Waals surface area (Å²) >= 11 is 6.13. The molecule has 38 heavy (non-hydrogen) atoms. The molecule has 0 spiro atoms. The molecule has 3 aromatic carbocycles. The van der Waals surface area contributed by atoms with Crippen LogP contribution in [0.1, 0.15) is 18.1 Å². The van der Waals surface area contributed by atoms with Crippen LogP contribution in [-0.2, 0) is 40.8 Å². The first-order valence-electron chi connectivity index (χ1n) is 11.8. The van der Waals surface area contributed by atoms with Gasteiger partial charge in [-0.2, -0.15) is 0 Å². The third-order valence-electron chi connectivity index (χ3n) is 5.65. The van der Waals surface area contributed by atoms with E-state index < -0.39 is 23.6 Å². The maximum absolute atomic E-state index is 13.6. The smallest absolute Gasteiger partial charge is 0.345 e. The van der Waals surface area contributed by atoms with Gasteiger partial charge < -0.3 is 24.8 Å².